The number of amides is 1. The number of aromatic nitrogens is 1. The minimum Gasteiger partial charge on any atom is -0.497 e. The van der Waals surface area contributed by atoms with Crippen LogP contribution < -0.4 is 14.8 Å². The van der Waals surface area contributed by atoms with Gasteiger partial charge in [0.25, 0.3) is 5.91 Å². The van der Waals surface area contributed by atoms with Crippen molar-refractivity contribution in [3.05, 3.63) is 35.2 Å². The maximum Gasteiger partial charge on any atom is 0.278 e. The highest BCUT2D eigenvalue weighted by Gasteiger charge is 2.24. The number of rotatable bonds is 4. The number of hydrogen-bond donors (Lipinski definition) is 1. The van der Waals surface area contributed by atoms with E-state index in [9.17, 15) is 4.79 Å². The number of nitrogens with one attached hydrogen (secondary N) is 1. The molecule has 0 saturated heterocycles. The van der Waals surface area contributed by atoms with Crippen molar-refractivity contribution in [1.82, 2.24) is 5.16 Å². The molecule has 1 heterocycles. The summed E-state index contributed by atoms with van der Waals surface area (Å²) in [6.45, 7) is 0. The first-order chi connectivity index (χ1) is 10.7. The van der Waals surface area contributed by atoms with E-state index in [0.29, 0.717) is 22.9 Å². The highest BCUT2D eigenvalue weighted by Crippen LogP contribution is 2.30. The molecule has 0 atom stereocenters. The molecule has 1 N–H and O–H groups in total. The quantitative estimate of drug-likeness (QED) is 0.940. The summed E-state index contributed by atoms with van der Waals surface area (Å²) in [4.78, 5) is 12.5. The fourth-order valence-electron chi connectivity index (χ4n) is 2.66. The van der Waals surface area contributed by atoms with Gasteiger partial charge in [0, 0.05) is 18.1 Å². The van der Waals surface area contributed by atoms with E-state index in [-0.39, 0.29) is 5.91 Å². The summed E-state index contributed by atoms with van der Waals surface area (Å²) in [5.41, 5.74) is 1.82. The van der Waals surface area contributed by atoms with Crippen LogP contribution in [0.3, 0.4) is 0 Å². The van der Waals surface area contributed by atoms with Gasteiger partial charge in [0.2, 0.25) is 0 Å². The van der Waals surface area contributed by atoms with E-state index < -0.39 is 0 Å². The number of carbonyl (C=O) groups excluding carboxylic acids is 1. The summed E-state index contributed by atoms with van der Waals surface area (Å²) < 4.78 is 15.7. The molecule has 22 heavy (non-hydrogen) atoms. The van der Waals surface area contributed by atoms with Crippen LogP contribution in [-0.2, 0) is 12.8 Å². The van der Waals surface area contributed by atoms with Crippen molar-refractivity contribution in [2.24, 2.45) is 0 Å². The standard InChI is InChI=1S/C16H18N2O4/c1-20-10-7-8-14(21-2)12(9-10)17-16(19)15-11-5-3-4-6-13(11)22-18-15/h7-9H,3-6H2,1-2H3,(H,17,19). The summed E-state index contributed by atoms with van der Waals surface area (Å²) in [6, 6.07) is 5.22. The lowest BCUT2D eigenvalue weighted by atomic mass is 9.96. The highest BCUT2D eigenvalue weighted by molar-refractivity contribution is 6.04. The number of nitrogens with zero attached hydrogens (tertiary/aromatic N) is 1. The number of ether oxygens (including phenoxy) is 2. The van der Waals surface area contributed by atoms with Gasteiger partial charge in [0.05, 0.1) is 19.9 Å². The Morgan fingerprint density at radius 2 is 2.05 bits per heavy atom. The van der Waals surface area contributed by atoms with Gasteiger partial charge in [-0.05, 0) is 31.4 Å². The summed E-state index contributed by atoms with van der Waals surface area (Å²) in [6.07, 6.45) is 3.80. The molecule has 1 aromatic carbocycles. The first-order valence-corrected chi connectivity index (χ1v) is 7.23. The number of anilines is 1. The number of hydrogen-bond acceptors (Lipinski definition) is 5. The molecule has 6 nitrogen and oxygen atoms in total. The molecule has 1 aromatic heterocycles. The fraction of sp³-hybridized carbons (Fsp3) is 0.375. The van der Waals surface area contributed by atoms with E-state index in [1.807, 2.05) is 0 Å². The Kier molecular flexibility index (Phi) is 4.00. The molecule has 0 radical (unpaired) electrons. The van der Waals surface area contributed by atoms with Gasteiger partial charge in [-0.2, -0.15) is 0 Å². The monoisotopic (exact) mass is 302 g/mol. The molecule has 2 aromatic rings. The second kappa shape index (κ2) is 6.09. The van der Waals surface area contributed by atoms with E-state index in [2.05, 4.69) is 10.5 Å². The number of methoxy groups -OCH3 is 2. The predicted molar refractivity (Wildman–Crippen MR) is 80.6 cm³/mol. The molecule has 0 saturated carbocycles. The van der Waals surface area contributed by atoms with Crippen LogP contribution in [0, 0.1) is 0 Å². The van der Waals surface area contributed by atoms with Gasteiger partial charge in [-0.15, -0.1) is 0 Å². The third-order valence-corrected chi connectivity index (χ3v) is 3.82. The summed E-state index contributed by atoms with van der Waals surface area (Å²) >= 11 is 0. The Bertz CT molecular complexity index is 693. The van der Waals surface area contributed by atoms with Crippen molar-refractivity contribution in [3.63, 3.8) is 0 Å². The largest absolute Gasteiger partial charge is 0.497 e. The minimum atomic E-state index is -0.293. The Hall–Kier alpha value is -2.50. The Morgan fingerprint density at radius 3 is 2.82 bits per heavy atom. The van der Waals surface area contributed by atoms with E-state index in [0.717, 1.165) is 37.0 Å². The van der Waals surface area contributed by atoms with Gasteiger partial charge in [0.1, 0.15) is 17.3 Å². The van der Waals surface area contributed by atoms with Crippen LogP contribution in [0.4, 0.5) is 5.69 Å². The second-order valence-electron chi connectivity index (χ2n) is 5.16. The lowest BCUT2D eigenvalue weighted by Gasteiger charge is -2.12. The Balaban J connectivity index is 1.87. The molecule has 0 unspecified atom stereocenters. The highest BCUT2D eigenvalue weighted by atomic mass is 16.5. The van der Waals surface area contributed by atoms with Gasteiger partial charge in [-0.3, -0.25) is 4.79 Å². The zero-order valence-electron chi connectivity index (χ0n) is 12.6. The molecule has 0 bridgehead atoms. The molecular formula is C16H18N2O4. The van der Waals surface area contributed by atoms with Gasteiger partial charge in [-0.25, -0.2) is 0 Å². The average Bonchev–Trinajstić information content (AvgIpc) is 2.99. The van der Waals surface area contributed by atoms with Crippen molar-refractivity contribution >= 4 is 11.6 Å². The van der Waals surface area contributed by atoms with Crippen LogP contribution in [0.1, 0.15) is 34.7 Å². The molecule has 6 heteroatoms. The molecule has 1 aliphatic rings. The fourth-order valence-corrected chi connectivity index (χ4v) is 2.66. The van der Waals surface area contributed by atoms with Crippen molar-refractivity contribution in [2.75, 3.05) is 19.5 Å². The molecular weight excluding hydrogens is 284 g/mol. The van der Waals surface area contributed by atoms with Crippen LogP contribution >= 0.6 is 0 Å². The molecule has 0 fully saturated rings. The summed E-state index contributed by atoms with van der Waals surface area (Å²) in [5.74, 6) is 1.73. The summed E-state index contributed by atoms with van der Waals surface area (Å²) in [7, 11) is 3.12. The van der Waals surface area contributed by atoms with Crippen LogP contribution in [0.2, 0.25) is 0 Å². The number of aryl methyl sites for hydroxylation is 1. The first kappa shape index (κ1) is 14.4. The molecule has 1 aliphatic carbocycles. The van der Waals surface area contributed by atoms with Gasteiger partial charge < -0.3 is 19.3 Å². The minimum absolute atomic E-state index is 0.293. The normalized spacial score (nSPS) is 13.4. The van der Waals surface area contributed by atoms with Crippen molar-refractivity contribution in [2.45, 2.75) is 25.7 Å². The van der Waals surface area contributed by atoms with Crippen LogP contribution in [-0.4, -0.2) is 25.3 Å². The van der Waals surface area contributed by atoms with Crippen molar-refractivity contribution in [3.8, 4) is 11.5 Å². The molecule has 1 amide bonds. The van der Waals surface area contributed by atoms with Gasteiger partial charge in [0.15, 0.2) is 5.69 Å². The van der Waals surface area contributed by atoms with E-state index in [1.54, 1.807) is 32.4 Å². The van der Waals surface area contributed by atoms with Crippen molar-refractivity contribution < 1.29 is 18.8 Å². The molecule has 0 aliphatic heterocycles. The lowest BCUT2D eigenvalue weighted by molar-refractivity contribution is 0.101. The van der Waals surface area contributed by atoms with E-state index in [1.165, 1.54) is 0 Å². The average molecular weight is 302 g/mol. The summed E-state index contributed by atoms with van der Waals surface area (Å²) in [5, 5.41) is 6.76. The maximum atomic E-state index is 12.5. The lowest BCUT2D eigenvalue weighted by Crippen LogP contribution is -2.16. The van der Waals surface area contributed by atoms with Crippen LogP contribution in [0.25, 0.3) is 0 Å². The smallest absolute Gasteiger partial charge is 0.278 e. The van der Waals surface area contributed by atoms with Crippen LogP contribution in [0.15, 0.2) is 22.7 Å². The third-order valence-electron chi connectivity index (χ3n) is 3.82. The maximum absolute atomic E-state index is 12.5. The van der Waals surface area contributed by atoms with Gasteiger partial charge >= 0.3 is 0 Å². The Labute approximate surface area is 128 Å². The van der Waals surface area contributed by atoms with Gasteiger partial charge in [-0.1, -0.05) is 5.16 Å². The zero-order valence-corrected chi connectivity index (χ0v) is 12.6. The molecule has 0 spiro atoms. The first-order valence-electron chi connectivity index (χ1n) is 7.23. The molecule has 3 rings (SSSR count). The number of fused-ring (bicyclic) bond motifs is 1. The topological polar surface area (TPSA) is 73.6 Å². The predicted octanol–water partition coefficient (Wildman–Crippen LogP) is 2.82. The van der Waals surface area contributed by atoms with E-state index in [4.69, 9.17) is 14.0 Å². The number of benzene rings is 1. The zero-order chi connectivity index (χ0) is 15.5. The third kappa shape index (κ3) is 2.64. The SMILES string of the molecule is COc1ccc(OC)c(NC(=O)c2noc3c2CCCC3)c1. The second-order valence-corrected chi connectivity index (χ2v) is 5.16. The molecule has 116 valence electrons. The van der Waals surface area contributed by atoms with Crippen LogP contribution in [0.5, 0.6) is 11.5 Å². The number of carbonyl (C=O) groups is 1. The van der Waals surface area contributed by atoms with Crippen molar-refractivity contribution in [1.29, 1.82) is 0 Å². The van der Waals surface area contributed by atoms with E-state index >= 15 is 0 Å². The Morgan fingerprint density at radius 1 is 1.23 bits per heavy atom.